The lowest BCUT2D eigenvalue weighted by molar-refractivity contribution is -0.142. The fourth-order valence-electron chi connectivity index (χ4n) is 3.29. The average Bonchev–Trinajstić information content (AvgIpc) is 3.41. The van der Waals surface area contributed by atoms with Crippen molar-refractivity contribution in [1.82, 2.24) is 4.31 Å². The van der Waals surface area contributed by atoms with E-state index in [1.165, 1.54) is 4.31 Å². The summed E-state index contributed by atoms with van der Waals surface area (Å²) in [6, 6.07) is 5.37. The van der Waals surface area contributed by atoms with Crippen LogP contribution < -0.4 is 0 Å². The molecule has 2 atom stereocenters. The molecule has 7 heteroatoms. The van der Waals surface area contributed by atoms with Gasteiger partial charge in [0, 0.05) is 13.6 Å². The minimum Gasteiger partial charge on any atom is -0.481 e. The van der Waals surface area contributed by atoms with Crippen LogP contribution >= 0.6 is 0 Å². The maximum Gasteiger partial charge on any atom is 0.306 e. The normalized spacial score (nSPS) is 18.1. The minimum absolute atomic E-state index is 0.00281. The summed E-state index contributed by atoms with van der Waals surface area (Å²) in [7, 11) is -1.98. The number of hydrogen-bond acceptors (Lipinski definition) is 4. The molecule has 0 aromatic heterocycles. The number of aliphatic carboxylic acids is 1. The molecule has 0 aliphatic carbocycles. The Morgan fingerprint density at radius 3 is 2.56 bits per heavy atom. The van der Waals surface area contributed by atoms with Crippen molar-refractivity contribution in [2.75, 3.05) is 20.2 Å². The fraction of sp³-hybridized carbons (Fsp3) is 0.650. The van der Waals surface area contributed by atoms with Gasteiger partial charge in [0.05, 0.1) is 23.5 Å². The Bertz CT molecular complexity index is 756. The first-order valence-electron chi connectivity index (χ1n) is 9.57. The second-order valence-corrected chi connectivity index (χ2v) is 9.75. The van der Waals surface area contributed by atoms with E-state index in [-0.39, 0.29) is 12.0 Å². The summed E-state index contributed by atoms with van der Waals surface area (Å²) in [5.74, 6) is -0.804. The topological polar surface area (TPSA) is 87.2 Å². The second kappa shape index (κ2) is 9.17. The molecule has 1 unspecified atom stereocenters. The van der Waals surface area contributed by atoms with Crippen LogP contribution in [0.1, 0.15) is 44.7 Å². The van der Waals surface area contributed by atoms with Crippen LogP contribution in [0.5, 0.6) is 0 Å². The molecule has 0 radical (unpaired) electrons. The lowest BCUT2D eigenvalue weighted by Crippen LogP contribution is -2.31. The maximum absolute atomic E-state index is 12.9. The highest BCUT2D eigenvalue weighted by Gasteiger charge is 2.31. The molecular weight excluding hydrogens is 366 g/mol. The highest BCUT2D eigenvalue weighted by atomic mass is 32.2. The van der Waals surface area contributed by atoms with Gasteiger partial charge in [0.2, 0.25) is 10.0 Å². The number of rotatable bonds is 11. The molecule has 0 amide bonds. The summed E-state index contributed by atoms with van der Waals surface area (Å²) in [4.78, 5) is 11.8. The first-order chi connectivity index (χ1) is 12.6. The summed E-state index contributed by atoms with van der Waals surface area (Å²) in [5, 5.41) is 9.39. The summed E-state index contributed by atoms with van der Waals surface area (Å²) >= 11 is 0. The molecule has 1 aliphatic heterocycles. The molecule has 1 aliphatic rings. The van der Waals surface area contributed by atoms with Crippen molar-refractivity contribution in [3.63, 3.8) is 0 Å². The van der Waals surface area contributed by atoms with Crippen molar-refractivity contribution in [1.29, 1.82) is 0 Å². The lowest BCUT2D eigenvalue weighted by Gasteiger charge is -2.19. The van der Waals surface area contributed by atoms with E-state index in [0.29, 0.717) is 49.6 Å². The van der Waals surface area contributed by atoms with E-state index in [4.69, 9.17) is 4.74 Å². The number of carboxylic acids is 1. The number of benzene rings is 1. The molecule has 152 valence electrons. The summed E-state index contributed by atoms with van der Waals surface area (Å²) in [6.07, 6.45) is 2.44. The van der Waals surface area contributed by atoms with Crippen LogP contribution in [0.4, 0.5) is 0 Å². The van der Waals surface area contributed by atoms with Gasteiger partial charge in [-0.15, -0.1) is 0 Å². The van der Waals surface area contributed by atoms with Gasteiger partial charge in [-0.25, -0.2) is 8.42 Å². The smallest absolute Gasteiger partial charge is 0.306 e. The van der Waals surface area contributed by atoms with Crippen molar-refractivity contribution in [3.05, 3.63) is 29.3 Å². The molecule has 1 saturated heterocycles. The Labute approximate surface area is 162 Å². The Balaban J connectivity index is 2.14. The monoisotopic (exact) mass is 397 g/mol. The van der Waals surface area contributed by atoms with Crippen LogP contribution in [-0.2, 0) is 32.4 Å². The third kappa shape index (κ3) is 6.02. The van der Waals surface area contributed by atoms with Gasteiger partial charge in [0.15, 0.2) is 0 Å². The van der Waals surface area contributed by atoms with Crippen molar-refractivity contribution in [2.45, 2.75) is 57.5 Å². The van der Waals surface area contributed by atoms with E-state index in [1.807, 2.05) is 32.9 Å². The number of likely N-dealkylation sites (N-methyl/N-ethyl adjacent to an activating group) is 1. The van der Waals surface area contributed by atoms with Crippen LogP contribution in [0.3, 0.4) is 0 Å². The molecule has 1 fully saturated rings. The van der Waals surface area contributed by atoms with E-state index in [1.54, 1.807) is 13.1 Å². The highest BCUT2D eigenvalue weighted by molar-refractivity contribution is 7.89. The number of carbonyl (C=O) groups is 1. The predicted molar refractivity (Wildman–Crippen MR) is 104 cm³/mol. The van der Waals surface area contributed by atoms with E-state index in [9.17, 15) is 18.3 Å². The van der Waals surface area contributed by atoms with Crippen LogP contribution in [0.25, 0.3) is 0 Å². The number of epoxide rings is 1. The number of aryl methyl sites for hydroxylation is 2. The zero-order valence-electron chi connectivity index (χ0n) is 16.6. The van der Waals surface area contributed by atoms with E-state index in [2.05, 4.69) is 0 Å². The van der Waals surface area contributed by atoms with Gasteiger partial charge >= 0.3 is 5.97 Å². The van der Waals surface area contributed by atoms with Crippen LogP contribution in [-0.4, -0.2) is 50.1 Å². The zero-order valence-corrected chi connectivity index (χ0v) is 17.5. The van der Waals surface area contributed by atoms with E-state index >= 15 is 0 Å². The third-order valence-corrected chi connectivity index (χ3v) is 6.87. The maximum atomic E-state index is 12.9. The molecule has 6 nitrogen and oxygen atoms in total. The average molecular weight is 398 g/mol. The highest BCUT2D eigenvalue weighted by Crippen LogP contribution is 2.25. The van der Waals surface area contributed by atoms with E-state index in [0.717, 1.165) is 11.1 Å². The van der Waals surface area contributed by atoms with Crippen LogP contribution in [0, 0.1) is 11.8 Å². The molecule has 0 saturated carbocycles. The molecule has 0 bridgehead atoms. The lowest BCUT2D eigenvalue weighted by atomic mass is 9.91. The van der Waals surface area contributed by atoms with Crippen molar-refractivity contribution >= 4 is 16.0 Å². The van der Waals surface area contributed by atoms with Gasteiger partial charge in [0.25, 0.3) is 0 Å². The van der Waals surface area contributed by atoms with Crippen LogP contribution in [0.15, 0.2) is 23.1 Å². The zero-order chi connectivity index (χ0) is 20.2. The Kier molecular flexibility index (Phi) is 7.42. The molecule has 1 aromatic rings. The number of hydrogen-bond donors (Lipinski definition) is 1. The Morgan fingerprint density at radius 1 is 1.37 bits per heavy atom. The van der Waals surface area contributed by atoms with Crippen LogP contribution in [0.2, 0.25) is 0 Å². The summed E-state index contributed by atoms with van der Waals surface area (Å²) < 4.78 is 32.2. The fourth-order valence-corrected chi connectivity index (χ4v) is 4.77. The molecule has 1 heterocycles. The summed E-state index contributed by atoms with van der Waals surface area (Å²) in [5.41, 5.74) is 1.75. The number of nitrogens with zero attached hydrogens (tertiary/aromatic N) is 1. The molecular formula is C20H31NO5S. The molecule has 27 heavy (non-hydrogen) atoms. The quantitative estimate of drug-likeness (QED) is 0.580. The number of carboxylic acid groups (broad SMARTS) is 1. The number of ether oxygens (including phenoxy) is 1. The van der Waals surface area contributed by atoms with Gasteiger partial charge < -0.3 is 9.84 Å². The Morgan fingerprint density at radius 2 is 2.04 bits per heavy atom. The molecule has 1 N–H and O–H groups in total. The summed E-state index contributed by atoms with van der Waals surface area (Å²) in [6.45, 7) is 6.95. The van der Waals surface area contributed by atoms with Gasteiger partial charge in [-0.3, -0.25) is 4.79 Å². The molecule has 0 spiro atoms. The Hall–Kier alpha value is -1.44. The van der Waals surface area contributed by atoms with Crippen molar-refractivity contribution < 1.29 is 23.1 Å². The minimum atomic E-state index is -3.55. The SMILES string of the molecule is CCc1cc(CC[C@@H](CC(C)C)C(=O)O)ccc1S(=O)(=O)N(C)CC1CO1. The first-order valence-corrected chi connectivity index (χ1v) is 11.0. The largest absolute Gasteiger partial charge is 0.481 e. The predicted octanol–water partition coefficient (Wildman–Crippen LogP) is 2.95. The van der Waals surface area contributed by atoms with Crippen molar-refractivity contribution in [3.8, 4) is 0 Å². The van der Waals surface area contributed by atoms with Gasteiger partial charge in [0.1, 0.15) is 0 Å². The van der Waals surface area contributed by atoms with E-state index < -0.39 is 16.0 Å². The standard InChI is InChI=1S/C20H31NO5S/c1-5-16-11-15(6-8-17(20(22)23)10-14(2)3)7-9-19(16)27(24,25)21(4)12-18-13-26-18/h7,9,11,14,17-18H,5-6,8,10,12-13H2,1-4H3,(H,22,23)/t17-,18?/m0/s1. The molecule has 2 rings (SSSR count). The van der Waals surface area contributed by atoms with Gasteiger partial charge in [-0.2, -0.15) is 4.31 Å². The van der Waals surface area contributed by atoms with Gasteiger partial charge in [-0.1, -0.05) is 32.9 Å². The van der Waals surface area contributed by atoms with Gasteiger partial charge in [-0.05, 0) is 48.8 Å². The third-order valence-electron chi connectivity index (χ3n) is 4.94. The second-order valence-electron chi connectivity index (χ2n) is 7.74. The number of sulfonamides is 1. The first kappa shape index (κ1) is 21.9. The van der Waals surface area contributed by atoms with Crippen molar-refractivity contribution in [2.24, 2.45) is 11.8 Å². The molecule has 1 aromatic carbocycles.